The molecule has 0 N–H and O–H groups in total. The van der Waals surface area contributed by atoms with Gasteiger partial charge in [0.05, 0.1) is 13.2 Å². The molecule has 16 heavy (non-hydrogen) atoms. The molecule has 0 radical (unpaired) electrons. The van der Waals surface area contributed by atoms with Gasteiger partial charge in [0, 0.05) is 6.42 Å². The first-order chi connectivity index (χ1) is 7.48. The molecule has 0 bridgehead atoms. The van der Waals surface area contributed by atoms with E-state index in [9.17, 15) is 9.59 Å². The lowest BCUT2D eigenvalue weighted by Crippen LogP contribution is -2.24. The van der Waals surface area contributed by atoms with Crippen LogP contribution in [0.2, 0.25) is 0 Å². The number of rotatable bonds is 5. The van der Waals surface area contributed by atoms with Crippen molar-refractivity contribution in [2.45, 2.75) is 51.1 Å². The lowest BCUT2D eigenvalue weighted by molar-refractivity contribution is -0.150. The highest BCUT2D eigenvalue weighted by Gasteiger charge is 2.40. The zero-order valence-electron chi connectivity index (χ0n) is 9.89. The van der Waals surface area contributed by atoms with Crippen LogP contribution in [-0.2, 0) is 23.8 Å². The van der Waals surface area contributed by atoms with Gasteiger partial charge in [-0.15, -0.1) is 0 Å². The summed E-state index contributed by atoms with van der Waals surface area (Å²) >= 11 is 0. The third-order valence-corrected chi connectivity index (χ3v) is 2.45. The number of hydrogen-bond acceptors (Lipinski definition) is 5. The van der Waals surface area contributed by atoms with Crippen molar-refractivity contribution >= 4 is 12.3 Å². The number of aldehydes is 1. The molecule has 5 nitrogen and oxygen atoms in total. The number of carbonyl (C=O) groups excluding carboxylic acids is 2. The maximum Gasteiger partial charge on any atom is 0.305 e. The zero-order valence-corrected chi connectivity index (χ0v) is 9.89. The molecule has 1 aliphatic rings. The van der Waals surface area contributed by atoms with E-state index in [1.165, 1.54) is 7.11 Å². The van der Waals surface area contributed by atoms with Crippen molar-refractivity contribution in [2.24, 2.45) is 0 Å². The Balaban J connectivity index is 2.36. The van der Waals surface area contributed by atoms with Crippen LogP contribution in [0.4, 0.5) is 0 Å². The van der Waals surface area contributed by atoms with E-state index < -0.39 is 11.9 Å². The lowest BCUT2D eigenvalue weighted by Gasteiger charge is -2.16. The predicted octanol–water partition coefficient (Wildman–Crippen LogP) is 1.05. The van der Waals surface area contributed by atoms with E-state index in [1.54, 1.807) is 13.8 Å². The van der Waals surface area contributed by atoms with Gasteiger partial charge < -0.3 is 19.0 Å². The third kappa shape index (κ3) is 3.57. The van der Waals surface area contributed by atoms with Gasteiger partial charge in [-0.1, -0.05) is 0 Å². The normalized spacial score (nSPS) is 27.7. The summed E-state index contributed by atoms with van der Waals surface area (Å²) in [5.74, 6) is -0.970. The maximum atomic E-state index is 10.9. The van der Waals surface area contributed by atoms with E-state index in [2.05, 4.69) is 4.74 Å². The molecule has 1 saturated heterocycles. The molecule has 1 rings (SSSR count). The minimum Gasteiger partial charge on any atom is -0.469 e. The first-order valence-electron chi connectivity index (χ1n) is 5.36. The fraction of sp³-hybridized carbons (Fsp3) is 0.818. The summed E-state index contributed by atoms with van der Waals surface area (Å²) in [6, 6.07) is 0. The average Bonchev–Trinajstić information content (AvgIpc) is 2.53. The number of methoxy groups -OCH3 is 1. The molecule has 1 fully saturated rings. The van der Waals surface area contributed by atoms with Crippen LogP contribution in [-0.4, -0.2) is 37.4 Å². The van der Waals surface area contributed by atoms with Crippen LogP contribution in [0.15, 0.2) is 0 Å². The Morgan fingerprint density at radius 2 is 2.12 bits per heavy atom. The number of hydrogen-bond donors (Lipinski definition) is 0. The summed E-state index contributed by atoms with van der Waals surface area (Å²) < 4.78 is 15.5. The van der Waals surface area contributed by atoms with Crippen LogP contribution in [0.3, 0.4) is 0 Å². The smallest absolute Gasteiger partial charge is 0.305 e. The third-order valence-electron chi connectivity index (χ3n) is 2.45. The fourth-order valence-electron chi connectivity index (χ4n) is 1.75. The van der Waals surface area contributed by atoms with Crippen molar-refractivity contribution in [1.82, 2.24) is 0 Å². The molecule has 0 unspecified atom stereocenters. The van der Waals surface area contributed by atoms with Crippen LogP contribution < -0.4 is 0 Å². The Bertz CT molecular complexity index is 261. The molecule has 92 valence electrons. The van der Waals surface area contributed by atoms with Crippen LogP contribution in [0.25, 0.3) is 0 Å². The standard InChI is InChI=1S/C11H18O5/c1-11(2)15-8(9(7-12)16-11)5-4-6-10(13)14-3/h7-9H,4-6H2,1-3H3/t8-,9+/m1/s1. The van der Waals surface area contributed by atoms with Gasteiger partial charge in [-0.3, -0.25) is 4.79 Å². The van der Waals surface area contributed by atoms with Crippen molar-refractivity contribution < 1.29 is 23.8 Å². The molecular weight excluding hydrogens is 212 g/mol. The van der Waals surface area contributed by atoms with E-state index in [1.807, 2.05) is 0 Å². The van der Waals surface area contributed by atoms with E-state index in [4.69, 9.17) is 9.47 Å². The number of ether oxygens (including phenoxy) is 3. The van der Waals surface area contributed by atoms with Crippen molar-refractivity contribution in [1.29, 1.82) is 0 Å². The molecular formula is C11H18O5. The van der Waals surface area contributed by atoms with E-state index >= 15 is 0 Å². The second-order valence-electron chi connectivity index (χ2n) is 4.24. The summed E-state index contributed by atoms with van der Waals surface area (Å²) in [6.45, 7) is 3.54. The molecule has 0 aromatic rings. The Hall–Kier alpha value is -0.940. The molecule has 0 saturated carbocycles. The van der Waals surface area contributed by atoms with Gasteiger partial charge in [0.25, 0.3) is 0 Å². The highest BCUT2D eigenvalue weighted by Crippen LogP contribution is 2.29. The van der Waals surface area contributed by atoms with Crippen molar-refractivity contribution in [2.75, 3.05) is 7.11 Å². The lowest BCUT2D eigenvalue weighted by atomic mass is 10.1. The zero-order chi connectivity index (χ0) is 12.2. The summed E-state index contributed by atoms with van der Waals surface area (Å²) in [7, 11) is 1.36. The quantitative estimate of drug-likeness (QED) is 0.522. The van der Waals surface area contributed by atoms with Crippen LogP contribution in [0.5, 0.6) is 0 Å². The molecule has 0 spiro atoms. The average molecular weight is 230 g/mol. The van der Waals surface area contributed by atoms with Gasteiger partial charge in [-0.25, -0.2) is 0 Å². The Morgan fingerprint density at radius 1 is 1.44 bits per heavy atom. The molecule has 2 atom stereocenters. The van der Waals surface area contributed by atoms with Gasteiger partial charge in [0.2, 0.25) is 0 Å². The summed E-state index contributed by atoms with van der Waals surface area (Å²) in [5, 5.41) is 0. The molecule has 1 heterocycles. The Labute approximate surface area is 95.0 Å². The van der Waals surface area contributed by atoms with Gasteiger partial charge in [-0.05, 0) is 26.7 Å². The van der Waals surface area contributed by atoms with Gasteiger partial charge in [-0.2, -0.15) is 0 Å². The van der Waals surface area contributed by atoms with Gasteiger partial charge in [0.1, 0.15) is 6.10 Å². The van der Waals surface area contributed by atoms with Crippen LogP contribution >= 0.6 is 0 Å². The molecule has 0 amide bonds. The van der Waals surface area contributed by atoms with Crippen LogP contribution in [0.1, 0.15) is 33.1 Å². The molecule has 0 aliphatic carbocycles. The first-order valence-corrected chi connectivity index (χ1v) is 5.36. The fourth-order valence-corrected chi connectivity index (χ4v) is 1.75. The van der Waals surface area contributed by atoms with Crippen LogP contribution in [0, 0.1) is 0 Å². The minimum absolute atomic E-state index is 0.249. The summed E-state index contributed by atoms with van der Waals surface area (Å²) in [4.78, 5) is 21.7. The predicted molar refractivity (Wildman–Crippen MR) is 55.8 cm³/mol. The van der Waals surface area contributed by atoms with Gasteiger partial charge in [0.15, 0.2) is 12.1 Å². The van der Waals surface area contributed by atoms with Gasteiger partial charge >= 0.3 is 5.97 Å². The van der Waals surface area contributed by atoms with E-state index in [0.29, 0.717) is 19.3 Å². The van der Waals surface area contributed by atoms with Crippen molar-refractivity contribution in [3.8, 4) is 0 Å². The summed E-state index contributed by atoms with van der Waals surface area (Å²) in [5.41, 5.74) is 0. The van der Waals surface area contributed by atoms with Crippen molar-refractivity contribution in [3.63, 3.8) is 0 Å². The molecule has 0 aromatic carbocycles. The minimum atomic E-state index is -0.721. The molecule has 1 aliphatic heterocycles. The Morgan fingerprint density at radius 3 is 2.69 bits per heavy atom. The maximum absolute atomic E-state index is 10.9. The molecule has 5 heteroatoms. The first kappa shape index (κ1) is 13.1. The second-order valence-corrected chi connectivity index (χ2v) is 4.24. The highest BCUT2D eigenvalue weighted by atomic mass is 16.8. The summed E-state index contributed by atoms with van der Waals surface area (Å²) in [6.07, 6.45) is 1.52. The monoisotopic (exact) mass is 230 g/mol. The highest BCUT2D eigenvalue weighted by molar-refractivity contribution is 5.69. The molecule has 0 aromatic heterocycles. The second kappa shape index (κ2) is 5.41. The largest absolute Gasteiger partial charge is 0.469 e. The Kier molecular flexibility index (Phi) is 4.44. The SMILES string of the molecule is COC(=O)CCC[C@H]1OC(C)(C)O[C@H]1C=O. The number of carbonyl (C=O) groups is 2. The van der Waals surface area contributed by atoms with Crippen molar-refractivity contribution in [3.05, 3.63) is 0 Å². The number of esters is 1. The topological polar surface area (TPSA) is 61.8 Å². The van der Waals surface area contributed by atoms with E-state index in [0.717, 1.165) is 6.29 Å². The van der Waals surface area contributed by atoms with E-state index in [-0.39, 0.29) is 12.1 Å².